The van der Waals surface area contributed by atoms with E-state index in [1.165, 1.54) is 6.07 Å². The molecule has 1 unspecified atom stereocenters. The molecule has 1 atom stereocenters. The third-order valence-electron chi connectivity index (χ3n) is 2.01. The van der Waals surface area contributed by atoms with Crippen LogP contribution in [0.1, 0.15) is 24.2 Å². The summed E-state index contributed by atoms with van der Waals surface area (Å²) in [6.45, 7) is 3.50. The molecule has 3 nitrogen and oxygen atoms in total. The van der Waals surface area contributed by atoms with Crippen LogP contribution in [0.2, 0.25) is 0 Å². The van der Waals surface area contributed by atoms with E-state index in [-0.39, 0.29) is 16.6 Å². The average molecular weight is 291 g/mol. The third-order valence-corrected chi connectivity index (χ3v) is 2.58. The van der Waals surface area contributed by atoms with Crippen molar-refractivity contribution in [2.45, 2.75) is 20.0 Å². The third kappa shape index (κ3) is 2.80. The van der Waals surface area contributed by atoms with Gasteiger partial charge in [0.25, 0.3) is 0 Å². The van der Waals surface area contributed by atoms with Crippen molar-refractivity contribution >= 4 is 21.9 Å². The molecule has 0 heterocycles. The maximum Gasteiger partial charge on any atom is 0.339 e. The Morgan fingerprint density at radius 1 is 1.62 bits per heavy atom. The summed E-state index contributed by atoms with van der Waals surface area (Å²) >= 11 is 3.02. The number of halogens is 2. The molecular formula is C11H12BrFO3. The fourth-order valence-electron chi connectivity index (χ4n) is 1.30. The number of hydrogen-bond acceptors (Lipinski definition) is 3. The van der Waals surface area contributed by atoms with Gasteiger partial charge in [0.15, 0.2) is 6.10 Å². The molecule has 0 aliphatic carbocycles. The van der Waals surface area contributed by atoms with E-state index in [9.17, 15) is 14.3 Å². The molecule has 88 valence electrons. The Bertz CT molecular complexity index is 406. The van der Waals surface area contributed by atoms with Gasteiger partial charge in [-0.15, -0.1) is 0 Å². The minimum absolute atomic E-state index is 0.0784. The van der Waals surface area contributed by atoms with Crippen molar-refractivity contribution in [3.05, 3.63) is 33.5 Å². The van der Waals surface area contributed by atoms with Crippen LogP contribution >= 0.6 is 15.9 Å². The number of esters is 1. The molecule has 0 aliphatic rings. The fraction of sp³-hybridized carbons (Fsp3) is 0.364. The summed E-state index contributed by atoms with van der Waals surface area (Å²) in [4.78, 5) is 11.3. The van der Waals surface area contributed by atoms with Gasteiger partial charge >= 0.3 is 5.97 Å². The minimum Gasteiger partial charge on any atom is -0.464 e. The monoisotopic (exact) mass is 290 g/mol. The highest BCUT2D eigenvalue weighted by atomic mass is 79.9. The lowest BCUT2D eigenvalue weighted by molar-refractivity contribution is -0.153. The van der Waals surface area contributed by atoms with Crippen molar-refractivity contribution in [3.63, 3.8) is 0 Å². The number of rotatable bonds is 3. The fourth-order valence-corrected chi connectivity index (χ4v) is 1.89. The molecule has 1 rings (SSSR count). The Balaban J connectivity index is 3.08. The van der Waals surface area contributed by atoms with Gasteiger partial charge in [-0.1, -0.05) is 0 Å². The van der Waals surface area contributed by atoms with Gasteiger partial charge in [-0.05, 0) is 47.5 Å². The predicted octanol–water partition coefficient (Wildman–Crippen LogP) is 2.49. The molecule has 0 radical (unpaired) electrons. The maximum atomic E-state index is 13.6. The van der Waals surface area contributed by atoms with Crippen LogP contribution in [-0.4, -0.2) is 17.7 Å². The Labute approximate surface area is 101 Å². The predicted molar refractivity (Wildman–Crippen MR) is 60.4 cm³/mol. The van der Waals surface area contributed by atoms with Crippen molar-refractivity contribution in [3.8, 4) is 0 Å². The molecule has 0 saturated heterocycles. The number of benzene rings is 1. The molecule has 5 heteroatoms. The smallest absolute Gasteiger partial charge is 0.339 e. The van der Waals surface area contributed by atoms with Crippen molar-refractivity contribution in [2.75, 3.05) is 6.61 Å². The van der Waals surface area contributed by atoms with E-state index in [0.29, 0.717) is 0 Å². The van der Waals surface area contributed by atoms with Gasteiger partial charge in [0.1, 0.15) is 5.82 Å². The lowest BCUT2D eigenvalue weighted by Gasteiger charge is -2.12. The Hall–Kier alpha value is -0.940. The largest absolute Gasteiger partial charge is 0.464 e. The van der Waals surface area contributed by atoms with E-state index in [4.69, 9.17) is 0 Å². The lowest BCUT2D eigenvalue weighted by Crippen LogP contribution is -2.17. The molecule has 0 bridgehead atoms. The SMILES string of the molecule is CCOC(=O)C(O)c1cc(C)cc(Br)c1F. The summed E-state index contributed by atoms with van der Waals surface area (Å²) < 4.78 is 18.5. The highest BCUT2D eigenvalue weighted by Gasteiger charge is 2.23. The first kappa shape index (κ1) is 13.1. The molecule has 0 fully saturated rings. The molecule has 0 aliphatic heterocycles. The number of aliphatic hydroxyl groups excluding tert-OH is 1. The minimum atomic E-state index is -1.59. The van der Waals surface area contributed by atoms with Gasteiger partial charge in [-0.25, -0.2) is 9.18 Å². The molecule has 0 amide bonds. The maximum absolute atomic E-state index is 13.6. The van der Waals surface area contributed by atoms with E-state index < -0.39 is 17.9 Å². The molecular weight excluding hydrogens is 279 g/mol. The van der Waals surface area contributed by atoms with Gasteiger partial charge in [0.05, 0.1) is 11.1 Å². The van der Waals surface area contributed by atoms with Crippen LogP contribution in [0.3, 0.4) is 0 Å². The van der Waals surface area contributed by atoms with Gasteiger partial charge in [0, 0.05) is 5.56 Å². The van der Waals surface area contributed by atoms with E-state index in [1.54, 1.807) is 19.9 Å². The van der Waals surface area contributed by atoms with Crippen molar-refractivity contribution < 1.29 is 19.0 Å². The Kier molecular flexibility index (Phi) is 4.44. The van der Waals surface area contributed by atoms with Gasteiger partial charge in [-0.2, -0.15) is 0 Å². The molecule has 1 aromatic carbocycles. The van der Waals surface area contributed by atoms with E-state index in [1.807, 2.05) is 0 Å². The summed E-state index contributed by atoms with van der Waals surface area (Å²) in [7, 11) is 0. The van der Waals surface area contributed by atoms with Crippen LogP contribution in [0, 0.1) is 12.7 Å². The first-order valence-electron chi connectivity index (χ1n) is 4.77. The van der Waals surface area contributed by atoms with Gasteiger partial charge in [-0.3, -0.25) is 0 Å². The number of aliphatic hydroxyl groups is 1. The standard InChI is InChI=1S/C11H12BrFO3/c1-3-16-11(15)10(14)7-4-6(2)5-8(12)9(7)13/h4-5,10,14H,3H2,1-2H3. The molecule has 1 aromatic rings. The molecule has 0 saturated carbocycles. The zero-order valence-electron chi connectivity index (χ0n) is 8.96. The zero-order chi connectivity index (χ0) is 12.3. The van der Waals surface area contributed by atoms with E-state index in [0.717, 1.165) is 5.56 Å². The van der Waals surface area contributed by atoms with Crippen LogP contribution in [0.4, 0.5) is 4.39 Å². The molecule has 0 aromatic heterocycles. The van der Waals surface area contributed by atoms with Crippen LogP contribution in [-0.2, 0) is 9.53 Å². The second-order valence-corrected chi connectivity index (χ2v) is 4.16. The van der Waals surface area contributed by atoms with Gasteiger partial charge in [0.2, 0.25) is 0 Å². The van der Waals surface area contributed by atoms with Crippen molar-refractivity contribution in [1.82, 2.24) is 0 Å². The number of aryl methyl sites for hydroxylation is 1. The van der Waals surface area contributed by atoms with Crippen LogP contribution in [0.5, 0.6) is 0 Å². The molecule has 1 N–H and O–H groups in total. The van der Waals surface area contributed by atoms with Crippen LogP contribution in [0.15, 0.2) is 16.6 Å². The number of ether oxygens (including phenoxy) is 1. The second-order valence-electron chi connectivity index (χ2n) is 3.30. The first-order chi connectivity index (χ1) is 7.47. The summed E-state index contributed by atoms with van der Waals surface area (Å²) in [5, 5.41) is 9.61. The second kappa shape index (κ2) is 5.41. The topological polar surface area (TPSA) is 46.5 Å². The summed E-state index contributed by atoms with van der Waals surface area (Å²) in [6.07, 6.45) is -1.59. The average Bonchev–Trinajstić information content (AvgIpc) is 2.22. The number of carbonyl (C=O) groups excluding carboxylic acids is 1. The highest BCUT2D eigenvalue weighted by molar-refractivity contribution is 9.10. The zero-order valence-corrected chi connectivity index (χ0v) is 10.5. The number of hydrogen-bond donors (Lipinski definition) is 1. The summed E-state index contributed by atoms with van der Waals surface area (Å²) in [5.41, 5.74) is 0.664. The van der Waals surface area contributed by atoms with Gasteiger partial charge < -0.3 is 9.84 Å². The highest BCUT2D eigenvalue weighted by Crippen LogP contribution is 2.26. The Morgan fingerprint density at radius 3 is 2.81 bits per heavy atom. The molecule has 0 spiro atoms. The van der Waals surface area contributed by atoms with Crippen LogP contribution < -0.4 is 0 Å². The lowest BCUT2D eigenvalue weighted by atomic mass is 10.1. The van der Waals surface area contributed by atoms with E-state index >= 15 is 0 Å². The van der Waals surface area contributed by atoms with Crippen molar-refractivity contribution in [2.24, 2.45) is 0 Å². The quantitative estimate of drug-likeness (QED) is 0.870. The van der Waals surface area contributed by atoms with Crippen LogP contribution in [0.25, 0.3) is 0 Å². The Morgan fingerprint density at radius 2 is 2.25 bits per heavy atom. The number of carbonyl (C=O) groups is 1. The van der Waals surface area contributed by atoms with E-state index in [2.05, 4.69) is 20.7 Å². The summed E-state index contributed by atoms with van der Waals surface area (Å²) in [5.74, 6) is -1.50. The summed E-state index contributed by atoms with van der Waals surface area (Å²) in [6, 6.07) is 2.98. The normalized spacial score (nSPS) is 12.3. The van der Waals surface area contributed by atoms with Crippen molar-refractivity contribution in [1.29, 1.82) is 0 Å². The first-order valence-corrected chi connectivity index (χ1v) is 5.57. The molecule has 16 heavy (non-hydrogen) atoms.